The second-order valence-electron chi connectivity index (χ2n) is 8.73. The highest BCUT2D eigenvalue weighted by atomic mass is 16.5. The zero-order valence-corrected chi connectivity index (χ0v) is 20.0. The van der Waals surface area contributed by atoms with Crippen molar-refractivity contribution in [3.63, 3.8) is 0 Å². The molecule has 0 bridgehead atoms. The summed E-state index contributed by atoms with van der Waals surface area (Å²) in [5, 5.41) is 6.53. The van der Waals surface area contributed by atoms with Gasteiger partial charge in [-0.05, 0) is 39.9 Å². The third kappa shape index (κ3) is 5.26. The molecule has 0 atom stereocenters. The Balaban J connectivity index is 1.65. The highest BCUT2D eigenvalue weighted by Crippen LogP contribution is 2.31. The zero-order valence-electron chi connectivity index (χ0n) is 20.0. The van der Waals surface area contributed by atoms with Crippen molar-refractivity contribution in [1.82, 2.24) is 9.97 Å². The number of ether oxygens (including phenoxy) is 3. The fourth-order valence-corrected chi connectivity index (χ4v) is 3.45. The molecule has 34 heavy (non-hydrogen) atoms. The van der Waals surface area contributed by atoms with Crippen LogP contribution in [0, 0.1) is 0 Å². The van der Waals surface area contributed by atoms with Crippen molar-refractivity contribution in [2.24, 2.45) is 5.10 Å². The summed E-state index contributed by atoms with van der Waals surface area (Å²) >= 11 is 0. The first kappa shape index (κ1) is 23.0. The Morgan fingerprint density at radius 2 is 1.53 bits per heavy atom. The van der Waals surface area contributed by atoms with Crippen molar-refractivity contribution in [3.05, 3.63) is 77.9 Å². The van der Waals surface area contributed by atoms with Gasteiger partial charge < -0.3 is 14.2 Å². The van der Waals surface area contributed by atoms with Crippen LogP contribution in [0.15, 0.2) is 71.8 Å². The van der Waals surface area contributed by atoms with Crippen LogP contribution in [0.2, 0.25) is 0 Å². The van der Waals surface area contributed by atoms with Gasteiger partial charge in [0.2, 0.25) is 11.8 Å². The van der Waals surface area contributed by atoms with E-state index in [0.29, 0.717) is 17.5 Å². The lowest BCUT2D eigenvalue weighted by molar-refractivity contribution is 0.348. The van der Waals surface area contributed by atoms with Gasteiger partial charge >= 0.3 is 6.01 Å². The Bertz CT molecular complexity index is 1290. The van der Waals surface area contributed by atoms with Crippen molar-refractivity contribution < 1.29 is 14.2 Å². The van der Waals surface area contributed by atoms with Gasteiger partial charge in [-0.2, -0.15) is 15.1 Å². The standard InChI is InChI=1S/C27H28N4O3/c1-27(2,3)19-11-13-20(14-12-19)31-28-17-22-21-9-7-6-8-18(21)10-15-23(22)34-26-29-24(32-4)16-25(30-26)33-5/h6-17,31H,1-5H3/b28-17+. The maximum Gasteiger partial charge on any atom is 0.328 e. The second-order valence-corrected chi connectivity index (χ2v) is 8.73. The minimum Gasteiger partial charge on any atom is -0.481 e. The summed E-state index contributed by atoms with van der Waals surface area (Å²) < 4.78 is 16.5. The van der Waals surface area contributed by atoms with Gasteiger partial charge in [-0.1, -0.05) is 63.2 Å². The monoisotopic (exact) mass is 456 g/mol. The summed E-state index contributed by atoms with van der Waals surface area (Å²) in [7, 11) is 3.05. The molecule has 3 aromatic carbocycles. The second kappa shape index (κ2) is 9.79. The first-order valence-electron chi connectivity index (χ1n) is 10.9. The van der Waals surface area contributed by atoms with Gasteiger partial charge in [-0.3, -0.25) is 5.43 Å². The molecule has 0 saturated carbocycles. The fraction of sp³-hybridized carbons (Fsp3) is 0.222. The van der Waals surface area contributed by atoms with E-state index in [2.05, 4.69) is 53.4 Å². The molecule has 7 heteroatoms. The third-order valence-electron chi connectivity index (χ3n) is 5.35. The van der Waals surface area contributed by atoms with E-state index < -0.39 is 0 Å². The lowest BCUT2D eigenvalue weighted by atomic mass is 9.87. The molecule has 0 fully saturated rings. The number of nitrogens with one attached hydrogen (secondary N) is 1. The molecule has 0 radical (unpaired) electrons. The predicted molar refractivity (Wildman–Crippen MR) is 136 cm³/mol. The van der Waals surface area contributed by atoms with Gasteiger partial charge in [-0.25, -0.2) is 0 Å². The summed E-state index contributed by atoms with van der Waals surface area (Å²) in [4.78, 5) is 8.55. The van der Waals surface area contributed by atoms with Gasteiger partial charge in [0.05, 0.1) is 32.2 Å². The van der Waals surface area contributed by atoms with Crippen molar-refractivity contribution >= 4 is 22.7 Å². The van der Waals surface area contributed by atoms with Crippen molar-refractivity contribution in [2.45, 2.75) is 26.2 Å². The molecule has 7 nitrogen and oxygen atoms in total. The molecule has 1 aromatic heterocycles. The summed E-state index contributed by atoms with van der Waals surface area (Å²) in [6.45, 7) is 6.58. The van der Waals surface area contributed by atoms with Crippen LogP contribution in [0.1, 0.15) is 31.9 Å². The molecule has 0 unspecified atom stereocenters. The lowest BCUT2D eigenvalue weighted by Gasteiger charge is -2.19. The van der Waals surface area contributed by atoms with Crippen LogP contribution in [0.3, 0.4) is 0 Å². The molecule has 4 aromatic rings. The maximum absolute atomic E-state index is 6.06. The Hall–Kier alpha value is -4.13. The van der Waals surface area contributed by atoms with Crippen LogP contribution in [0.4, 0.5) is 5.69 Å². The molecule has 174 valence electrons. The molecule has 0 aliphatic heterocycles. The van der Waals surface area contributed by atoms with E-state index in [1.54, 1.807) is 12.3 Å². The van der Waals surface area contributed by atoms with E-state index in [1.165, 1.54) is 19.8 Å². The lowest BCUT2D eigenvalue weighted by Crippen LogP contribution is -2.10. The maximum atomic E-state index is 6.06. The summed E-state index contributed by atoms with van der Waals surface area (Å²) in [5.74, 6) is 1.25. The number of hydrogen-bond acceptors (Lipinski definition) is 7. The van der Waals surface area contributed by atoms with E-state index in [4.69, 9.17) is 14.2 Å². The molecule has 1 heterocycles. The average Bonchev–Trinajstić information content (AvgIpc) is 2.84. The fourth-order valence-electron chi connectivity index (χ4n) is 3.45. The number of benzene rings is 3. The van der Waals surface area contributed by atoms with Crippen LogP contribution in [0.25, 0.3) is 10.8 Å². The van der Waals surface area contributed by atoms with E-state index >= 15 is 0 Å². The number of hydrogen-bond donors (Lipinski definition) is 1. The summed E-state index contributed by atoms with van der Waals surface area (Å²) in [6, 6.07) is 21.9. The Kier molecular flexibility index (Phi) is 6.63. The minimum atomic E-state index is 0.0991. The topological polar surface area (TPSA) is 77.9 Å². The Morgan fingerprint density at radius 3 is 2.18 bits per heavy atom. The van der Waals surface area contributed by atoms with E-state index in [1.807, 2.05) is 48.5 Å². The third-order valence-corrected chi connectivity index (χ3v) is 5.35. The molecule has 0 spiro atoms. The van der Waals surface area contributed by atoms with E-state index in [-0.39, 0.29) is 11.4 Å². The van der Waals surface area contributed by atoms with Gasteiger partial charge in [-0.15, -0.1) is 0 Å². The van der Waals surface area contributed by atoms with Gasteiger partial charge in [0.15, 0.2) is 0 Å². The Labute approximate surface area is 199 Å². The Morgan fingerprint density at radius 1 is 0.853 bits per heavy atom. The highest BCUT2D eigenvalue weighted by Gasteiger charge is 2.14. The van der Waals surface area contributed by atoms with Crippen LogP contribution in [0.5, 0.6) is 23.5 Å². The smallest absolute Gasteiger partial charge is 0.328 e. The highest BCUT2D eigenvalue weighted by molar-refractivity contribution is 6.02. The number of anilines is 1. The van der Waals surface area contributed by atoms with Crippen molar-refractivity contribution in [1.29, 1.82) is 0 Å². The molecule has 0 saturated heterocycles. The molecule has 0 aliphatic carbocycles. The number of aromatic nitrogens is 2. The molecule has 1 N–H and O–H groups in total. The van der Waals surface area contributed by atoms with Crippen LogP contribution < -0.4 is 19.6 Å². The molecular weight excluding hydrogens is 428 g/mol. The van der Waals surface area contributed by atoms with Gasteiger partial charge in [0.1, 0.15) is 5.75 Å². The molecular formula is C27H28N4O3. The van der Waals surface area contributed by atoms with E-state index in [0.717, 1.165) is 22.0 Å². The molecule has 0 aliphatic rings. The number of rotatable bonds is 7. The van der Waals surface area contributed by atoms with Crippen LogP contribution in [-0.2, 0) is 5.41 Å². The average molecular weight is 457 g/mol. The number of fused-ring (bicyclic) bond motifs is 1. The van der Waals surface area contributed by atoms with Gasteiger partial charge in [0, 0.05) is 5.56 Å². The van der Waals surface area contributed by atoms with Crippen molar-refractivity contribution in [3.8, 4) is 23.5 Å². The summed E-state index contributed by atoms with van der Waals surface area (Å²) in [5.41, 5.74) is 6.16. The number of hydrazone groups is 1. The van der Waals surface area contributed by atoms with Crippen molar-refractivity contribution in [2.75, 3.05) is 19.6 Å². The minimum absolute atomic E-state index is 0.0991. The molecule has 0 amide bonds. The quantitative estimate of drug-likeness (QED) is 0.264. The first-order chi connectivity index (χ1) is 16.4. The number of nitrogens with zero attached hydrogens (tertiary/aromatic N) is 3. The van der Waals surface area contributed by atoms with E-state index in [9.17, 15) is 0 Å². The zero-order chi connectivity index (χ0) is 24.1. The largest absolute Gasteiger partial charge is 0.481 e. The van der Waals surface area contributed by atoms with Crippen LogP contribution >= 0.6 is 0 Å². The number of methoxy groups -OCH3 is 2. The first-order valence-corrected chi connectivity index (χ1v) is 10.9. The normalized spacial score (nSPS) is 11.6. The predicted octanol–water partition coefficient (Wildman–Crippen LogP) is 6.18. The molecule has 4 rings (SSSR count). The summed E-state index contributed by atoms with van der Waals surface area (Å²) in [6.07, 6.45) is 1.74. The van der Waals surface area contributed by atoms with Gasteiger partial charge in [0.25, 0.3) is 0 Å². The van der Waals surface area contributed by atoms with Crippen LogP contribution in [-0.4, -0.2) is 30.4 Å². The SMILES string of the molecule is COc1cc(OC)nc(Oc2ccc3ccccc3c2/C=N/Nc2ccc(C(C)(C)C)cc2)n1.